The molecule has 0 saturated carbocycles. The van der Waals surface area contributed by atoms with Gasteiger partial charge in [-0.3, -0.25) is 0 Å². The fourth-order valence-electron chi connectivity index (χ4n) is 2.59. The summed E-state index contributed by atoms with van der Waals surface area (Å²) in [5.41, 5.74) is 6.69. The van der Waals surface area contributed by atoms with Crippen molar-refractivity contribution in [3.05, 3.63) is 280 Å². The maximum Gasteiger partial charge on any atom is 0.0213 e. The molecule has 0 fully saturated rings. The molecule has 0 aliphatic carbocycles. The molecule has 291 valence electrons. The van der Waals surface area contributed by atoms with Crippen LogP contribution in [0.5, 0.6) is 0 Å². The van der Waals surface area contributed by atoms with Crippen molar-refractivity contribution >= 4 is 9.52 Å². The molecule has 0 bridgehead atoms. The topological polar surface area (TPSA) is 39.6 Å². The van der Waals surface area contributed by atoms with Crippen LogP contribution in [0.3, 0.4) is 0 Å². The summed E-state index contributed by atoms with van der Waals surface area (Å²) < 4.78 is 0. The molecule has 0 saturated heterocycles. The average Bonchev–Trinajstić information content (AvgIpc) is 4.08. The molecule has 0 spiro atoms. The van der Waals surface area contributed by atoms with Crippen LogP contribution in [0.2, 0.25) is 13.1 Å². The van der Waals surface area contributed by atoms with Crippen LogP contribution in [-0.4, -0.2) is 20.0 Å². The second-order valence-corrected chi connectivity index (χ2v) is 12.1. The monoisotopic (exact) mass is 775 g/mol. The van der Waals surface area contributed by atoms with E-state index in [1.54, 1.807) is 6.20 Å². The number of benzene rings is 5. The number of hydrogen-bond acceptors (Lipinski definition) is 0. The van der Waals surface area contributed by atoms with E-state index in [2.05, 4.69) is 54.5 Å². The van der Waals surface area contributed by atoms with Crippen molar-refractivity contribution in [3.63, 3.8) is 0 Å². The second-order valence-electron chi connectivity index (χ2n) is 10.9. The van der Waals surface area contributed by atoms with Gasteiger partial charge in [0.25, 0.3) is 0 Å². The van der Waals surface area contributed by atoms with E-state index in [1.807, 2.05) is 245 Å². The minimum Gasteiger partial charge on any atom is -0.673 e. The number of rotatable bonds is 0. The Bertz CT molecular complexity index is 1120. The van der Waals surface area contributed by atoms with Gasteiger partial charge in [-0.1, -0.05) is 33.9 Å². The molecule has 0 amide bonds. The molecule has 7 aromatic carbocycles. The minimum absolute atomic E-state index is 0. The largest absolute Gasteiger partial charge is 0.673 e. The normalized spacial score (nSPS) is 7.96. The standard InChI is InChI=1S/5C6H5.2C5H5.C4H4N.C4H10N.C2H7Si.CH3.Ti/c5*1-2-4-6-5-3-1;3*1-2-4-5-3-1;1-4(2,3)5;1-3-2;;/h5*1-5H;2*1-5H;1,3-5H;5H,1-3H3;3H,1-2H3;1H3;/q9*-1;;-1;. The summed E-state index contributed by atoms with van der Waals surface area (Å²) in [6, 6.07) is 87.1. The molecule has 8 rings (SSSR count). The van der Waals surface area contributed by atoms with Gasteiger partial charge in [-0.15, -0.1) is 17.9 Å². The van der Waals surface area contributed by atoms with Gasteiger partial charge in [-0.05, 0) is 0 Å². The van der Waals surface area contributed by atoms with Crippen molar-refractivity contribution in [1.82, 2.24) is 4.98 Å². The molecular weight excluding hydrogens is 717 g/mol. The van der Waals surface area contributed by atoms with Crippen molar-refractivity contribution in [3.8, 4) is 0 Å². The molecule has 8 aromatic rings. The van der Waals surface area contributed by atoms with Crippen LogP contribution in [0.1, 0.15) is 20.8 Å². The van der Waals surface area contributed by atoms with Gasteiger partial charge in [0, 0.05) is 31.2 Å². The maximum atomic E-state index is 6.94. The van der Waals surface area contributed by atoms with Gasteiger partial charge in [0.2, 0.25) is 0 Å². The van der Waals surface area contributed by atoms with Gasteiger partial charge < -0.3 is 18.1 Å². The third-order valence-electron chi connectivity index (χ3n) is 4.59. The molecule has 1 radical (unpaired) electrons. The zero-order valence-corrected chi connectivity index (χ0v) is 36.2. The summed E-state index contributed by atoms with van der Waals surface area (Å²) >= 11 is 0. The van der Waals surface area contributed by atoms with Gasteiger partial charge in [-0.2, -0.15) is 218 Å². The van der Waals surface area contributed by atoms with Crippen LogP contribution in [0.25, 0.3) is 5.73 Å². The smallest absolute Gasteiger partial charge is 0.0213 e. The van der Waals surface area contributed by atoms with Crippen LogP contribution >= 0.6 is 0 Å². The summed E-state index contributed by atoms with van der Waals surface area (Å²) in [5.74, 6) is 0. The Balaban J connectivity index is -0.000000263. The molecule has 1 heterocycles. The molecule has 1 aromatic heterocycles. The third-order valence-corrected chi connectivity index (χ3v) is 4.59. The van der Waals surface area contributed by atoms with E-state index in [4.69, 9.17) is 5.73 Å². The average molecular weight is 776 g/mol. The summed E-state index contributed by atoms with van der Waals surface area (Å²) in [5, 5.41) is 0. The first-order valence-electron chi connectivity index (χ1n) is 17.3. The Kier molecular flexibility index (Phi) is 52.7. The van der Waals surface area contributed by atoms with E-state index in [0.717, 1.165) is 9.52 Å². The zero-order valence-electron chi connectivity index (χ0n) is 33.5. The van der Waals surface area contributed by atoms with Crippen molar-refractivity contribution in [2.45, 2.75) is 39.4 Å². The zero-order chi connectivity index (χ0) is 39.0. The quantitative estimate of drug-likeness (QED) is 0.118. The molecule has 4 heteroatoms. The van der Waals surface area contributed by atoms with Crippen molar-refractivity contribution in [2.24, 2.45) is 0 Å². The second kappa shape index (κ2) is 51.1. The fourth-order valence-corrected chi connectivity index (χ4v) is 2.59. The summed E-state index contributed by atoms with van der Waals surface area (Å²) in [6.45, 7) is 9.98. The van der Waals surface area contributed by atoms with E-state index in [-0.39, 0.29) is 34.7 Å². The molecule has 0 unspecified atom stereocenters. The predicted octanol–water partition coefficient (Wildman–Crippen LogP) is 13.9. The Hall–Kier alpha value is -5.03. The minimum atomic E-state index is -0.250. The van der Waals surface area contributed by atoms with Gasteiger partial charge in [0.15, 0.2) is 0 Å². The third kappa shape index (κ3) is 67.6. The Morgan fingerprint density at radius 2 is 0.636 bits per heavy atom. The van der Waals surface area contributed by atoms with Gasteiger partial charge in [0.05, 0.1) is 0 Å². The van der Waals surface area contributed by atoms with E-state index in [9.17, 15) is 0 Å². The first-order chi connectivity index (χ1) is 25.9. The SMILES string of the molecule is CC(C)(C)[NH-].C[SiH]C.[CH3-].[Ti].[c-]1cc[nH]c1.[c-]1ccccc1.[c-]1ccccc1.[c-]1ccccc1.[c-]1ccccc1.[c-]1ccccc1.c1cc[cH-]c1.c1cc[cH-]c1. The maximum absolute atomic E-state index is 6.94. The number of hydrogen-bond donors (Lipinski definition) is 1. The molecule has 55 heavy (non-hydrogen) atoms. The van der Waals surface area contributed by atoms with Crippen LogP contribution < -0.4 is 0 Å². The fraction of sp³-hybridized carbons (Fsp3) is 0.118. The van der Waals surface area contributed by atoms with Gasteiger partial charge in [-0.25, -0.2) is 36.4 Å². The van der Waals surface area contributed by atoms with Gasteiger partial charge in [0.1, 0.15) is 0 Å². The van der Waals surface area contributed by atoms with Gasteiger partial charge >= 0.3 is 0 Å². The number of H-pyrrole nitrogens is 1. The van der Waals surface area contributed by atoms with Crippen molar-refractivity contribution in [2.75, 3.05) is 0 Å². The Morgan fingerprint density at radius 1 is 0.418 bits per heavy atom. The summed E-state index contributed by atoms with van der Waals surface area (Å²) in [4.78, 5) is 2.81. The van der Waals surface area contributed by atoms with E-state index >= 15 is 0 Å². The molecule has 0 aliphatic heterocycles. The van der Waals surface area contributed by atoms with Crippen LogP contribution in [0, 0.1) is 43.8 Å². The number of aromatic nitrogens is 1. The van der Waals surface area contributed by atoms with E-state index in [1.165, 1.54) is 0 Å². The molecule has 2 nitrogen and oxygen atoms in total. The molecule has 2 N–H and O–H groups in total. The Morgan fingerprint density at radius 3 is 0.691 bits per heavy atom. The molecule has 0 aliphatic rings. The summed E-state index contributed by atoms with van der Waals surface area (Å²) in [7, 11) is 0.750. The number of aromatic amines is 1. The van der Waals surface area contributed by atoms with Crippen LogP contribution in [0.15, 0.2) is 231 Å². The van der Waals surface area contributed by atoms with E-state index in [0.29, 0.717) is 0 Å². The summed E-state index contributed by atoms with van der Waals surface area (Å²) in [6.07, 6.45) is 3.57. The molecule has 0 atom stereocenters. The van der Waals surface area contributed by atoms with Crippen molar-refractivity contribution < 1.29 is 21.7 Å². The first-order valence-corrected chi connectivity index (χ1v) is 19.6. The van der Waals surface area contributed by atoms with Crippen LogP contribution in [0.4, 0.5) is 0 Å². The van der Waals surface area contributed by atoms with Crippen LogP contribution in [-0.2, 0) is 21.7 Å². The first kappa shape index (κ1) is 56.7. The number of nitrogens with one attached hydrogen (secondary N) is 2. The Labute approximate surface area is 354 Å². The molecular formula is C51H59N2SiTi-10. The van der Waals surface area contributed by atoms with Crippen molar-refractivity contribution in [1.29, 1.82) is 0 Å². The van der Waals surface area contributed by atoms with E-state index < -0.39 is 0 Å². The predicted molar refractivity (Wildman–Crippen MR) is 239 cm³/mol.